The highest BCUT2D eigenvalue weighted by Crippen LogP contribution is 2.60. The summed E-state index contributed by atoms with van der Waals surface area (Å²) in [4.78, 5) is 0. The first-order valence-electron chi connectivity index (χ1n) is 8.58. The van der Waals surface area contributed by atoms with E-state index in [1.54, 1.807) is 32.1 Å². The van der Waals surface area contributed by atoms with Crippen molar-refractivity contribution in [3.8, 4) is 0 Å². The summed E-state index contributed by atoms with van der Waals surface area (Å²) in [6, 6.07) is 0. The molecule has 102 valence electrons. The van der Waals surface area contributed by atoms with Crippen molar-refractivity contribution in [2.45, 2.75) is 57.8 Å². The van der Waals surface area contributed by atoms with Crippen molar-refractivity contribution in [2.24, 2.45) is 47.2 Å². The molecule has 1 nitrogen and oxygen atoms in total. The normalized spacial score (nSPS) is 54.8. The van der Waals surface area contributed by atoms with Crippen LogP contribution in [0.4, 0.5) is 0 Å². The second kappa shape index (κ2) is 4.51. The van der Waals surface area contributed by atoms with Gasteiger partial charge in [-0.1, -0.05) is 19.3 Å². The van der Waals surface area contributed by atoms with Gasteiger partial charge in [0.15, 0.2) is 0 Å². The van der Waals surface area contributed by atoms with E-state index < -0.39 is 0 Å². The Morgan fingerprint density at radius 3 is 2.00 bits per heavy atom. The molecule has 0 aliphatic heterocycles. The summed E-state index contributed by atoms with van der Waals surface area (Å²) in [5, 5.41) is 0. The highest BCUT2D eigenvalue weighted by molar-refractivity contribution is 5.02. The molecule has 0 spiro atoms. The van der Waals surface area contributed by atoms with Crippen LogP contribution in [-0.2, 0) is 0 Å². The summed E-state index contributed by atoms with van der Waals surface area (Å²) in [5.41, 5.74) is 6.08. The van der Waals surface area contributed by atoms with Crippen LogP contribution in [-0.4, -0.2) is 6.54 Å². The van der Waals surface area contributed by atoms with Gasteiger partial charge in [0.05, 0.1) is 0 Å². The first-order chi connectivity index (χ1) is 8.88. The van der Waals surface area contributed by atoms with E-state index in [1.165, 1.54) is 25.7 Å². The average Bonchev–Trinajstić information content (AvgIpc) is 2.44. The van der Waals surface area contributed by atoms with Crippen LogP contribution in [0.2, 0.25) is 0 Å². The number of hydrogen-bond acceptors (Lipinski definition) is 1. The molecule has 7 unspecified atom stereocenters. The minimum atomic E-state index is 0.882. The van der Waals surface area contributed by atoms with Gasteiger partial charge in [-0.05, 0) is 86.5 Å². The van der Waals surface area contributed by atoms with Crippen LogP contribution in [0.3, 0.4) is 0 Å². The quantitative estimate of drug-likeness (QED) is 0.749. The third-order valence-electron chi connectivity index (χ3n) is 7.32. The van der Waals surface area contributed by atoms with Crippen molar-refractivity contribution in [3.05, 3.63) is 0 Å². The van der Waals surface area contributed by atoms with Crippen LogP contribution in [0.15, 0.2) is 0 Å². The Hall–Kier alpha value is -0.0400. The Bertz CT molecular complexity index is 305. The molecule has 4 aliphatic carbocycles. The molecule has 0 aromatic carbocycles. The van der Waals surface area contributed by atoms with Gasteiger partial charge in [-0.3, -0.25) is 0 Å². The summed E-state index contributed by atoms with van der Waals surface area (Å²) in [5.74, 6) is 7.47. The van der Waals surface area contributed by atoms with Gasteiger partial charge in [0.1, 0.15) is 0 Å². The molecule has 2 N–H and O–H groups in total. The molecule has 7 atom stereocenters. The maximum Gasteiger partial charge on any atom is -0.00461 e. The van der Waals surface area contributed by atoms with E-state index in [1.807, 2.05) is 0 Å². The molecule has 4 aliphatic rings. The van der Waals surface area contributed by atoms with Crippen LogP contribution < -0.4 is 5.73 Å². The first kappa shape index (κ1) is 11.8. The van der Waals surface area contributed by atoms with Gasteiger partial charge in [-0.25, -0.2) is 0 Å². The molecule has 1 heteroatoms. The molecule has 0 heterocycles. The SMILES string of the molecule is NCC1CCC2CCC3CCCC4CCC1C2C34. The largest absolute Gasteiger partial charge is 0.330 e. The topological polar surface area (TPSA) is 26.0 Å². The third kappa shape index (κ3) is 1.62. The average molecular weight is 247 g/mol. The minimum absolute atomic E-state index is 0.882. The lowest BCUT2D eigenvalue weighted by Gasteiger charge is -2.59. The molecular weight excluding hydrogens is 218 g/mol. The molecule has 0 aromatic rings. The van der Waals surface area contributed by atoms with Crippen molar-refractivity contribution in [3.63, 3.8) is 0 Å². The molecule has 0 radical (unpaired) electrons. The summed E-state index contributed by atoms with van der Waals surface area (Å²) in [6.45, 7) is 0.968. The fourth-order valence-electron chi connectivity index (χ4n) is 6.70. The Kier molecular flexibility index (Phi) is 2.94. The fraction of sp³-hybridized carbons (Fsp3) is 1.00. The second-order valence-electron chi connectivity index (χ2n) is 7.76. The van der Waals surface area contributed by atoms with Gasteiger partial charge >= 0.3 is 0 Å². The second-order valence-corrected chi connectivity index (χ2v) is 7.76. The van der Waals surface area contributed by atoms with E-state index in [9.17, 15) is 0 Å². The smallest absolute Gasteiger partial charge is 0.00461 e. The summed E-state index contributed by atoms with van der Waals surface area (Å²) < 4.78 is 0. The monoisotopic (exact) mass is 247 g/mol. The fourth-order valence-corrected chi connectivity index (χ4v) is 6.70. The molecule has 4 saturated carbocycles. The summed E-state index contributed by atoms with van der Waals surface area (Å²) in [7, 11) is 0. The van der Waals surface area contributed by atoms with Gasteiger partial charge in [0.25, 0.3) is 0 Å². The van der Waals surface area contributed by atoms with Gasteiger partial charge < -0.3 is 5.73 Å². The van der Waals surface area contributed by atoms with E-state index in [0.717, 1.165) is 48.0 Å². The van der Waals surface area contributed by atoms with E-state index in [0.29, 0.717) is 0 Å². The van der Waals surface area contributed by atoms with Crippen molar-refractivity contribution in [1.82, 2.24) is 0 Å². The Morgan fingerprint density at radius 2 is 1.28 bits per heavy atom. The molecule has 4 fully saturated rings. The number of rotatable bonds is 1. The molecule has 0 bridgehead atoms. The predicted molar refractivity (Wildman–Crippen MR) is 75.0 cm³/mol. The lowest BCUT2D eigenvalue weighted by molar-refractivity contribution is -0.0948. The van der Waals surface area contributed by atoms with Crippen molar-refractivity contribution < 1.29 is 0 Å². The van der Waals surface area contributed by atoms with Crippen LogP contribution in [0.5, 0.6) is 0 Å². The molecule has 18 heavy (non-hydrogen) atoms. The summed E-state index contributed by atoms with van der Waals surface area (Å²) >= 11 is 0. The van der Waals surface area contributed by atoms with Crippen LogP contribution in [0.25, 0.3) is 0 Å². The Morgan fingerprint density at radius 1 is 0.667 bits per heavy atom. The van der Waals surface area contributed by atoms with Gasteiger partial charge in [-0.15, -0.1) is 0 Å². The number of hydrogen-bond donors (Lipinski definition) is 1. The van der Waals surface area contributed by atoms with Crippen molar-refractivity contribution in [2.75, 3.05) is 6.54 Å². The van der Waals surface area contributed by atoms with Gasteiger partial charge in [0.2, 0.25) is 0 Å². The predicted octanol–water partition coefficient (Wildman–Crippen LogP) is 3.82. The molecule has 0 saturated heterocycles. The van der Waals surface area contributed by atoms with Crippen LogP contribution >= 0.6 is 0 Å². The molecule has 4 rings (SSSR count). The Labute approximate surface area is 112 Å². The lowest BCUT2D eigenvalue weighted by atomic mass is 9.46. The van der Waals surface area contributed by atoms with E-state index in [2.05, 4.69) is 0 Å². The van der Waals surface area contributed by atoms with E-state index in [4.69, 9.17) is 5.73 Å². The third-order valence-corrected chi connectivity index (χ3v) is 7.32. The zero-order valence-electron chi connectivity index (χ0n) is 11.7. The Balaban J connectivity index is 1.65. The van der Waals surface area contributed by atoms with Crippen LogP contribution in [0.1, 0.15) is 57.8 Å². The highest BCUT2D eigenvalue weighted by atomic mass is 14.6. The van der Waals surface area contributed by atoms with Gasteiger partial charge in [-0.2, -0.15) is 0 Å². The van der Waals surface area contributed by atoms with Gasteiger partial charge in [0, 0.05) is 0 Å². The zero-order chi connectivity index (χ0) is 12.1. The minimum Gasteiger partial charge on any atom is -0.330 e. The standard InChI is InChI=1S/C17H29N/c18-10-14-7-6-13-5-4-11-2-1-3-12-8-9-15(14)17(13)16(11)12/h11-17H,1-10,18H2. The molecular formula is C17H29N. The maximum absolute atomic E-state index is 6.08. The number of nitrogens with two attached hydrogens (primary N) is 1. The van der Waals surface area contributed by atoms with Crippen molar-refractivity contribution >= 4 is 0 Å². The molecule has 0 amide bonds. The van der Waals surface area contributed by atoms with Crippen molar-refractivity contribution in [1.29, 1.82) is 0 Å². The zero-order valence-corrected chi connectivity index (χ0v) is 11.7. The van der Waals surface area contributed by atoms with Crippen LogP contribution in [0, 0.1) is 41.4 Å². The van der Waals surface area contributed by atoms with E-state index in [-0.39, 0.29) is 0 Å². The lowest BCUT2D eigenvalue weighted by Crippen LogP contribution is -2.52. The van der Waals surface area contributed by atoms with E-state index >= 15 is 0 Å². The highest BCUT2D eigenvalue weighted by Gasteiger charge is 2.52. The maximum atomic E-state index is 6.08. The molecule has 0 aromatic heterocycles. The summed E-state index contributed by atoms with van der Waals surface area (Å²) in [6.07, 6.45) is 13.8. The first-order valence-corrected chi connectivity index (χ1v) is 8.58.